The fourth-order valence-corrected chi connectivity index (χ4v) is 3.55. The van der Waals surface area contributed by atoms with E-state index in [9.17, 15) is 4.79 Å². The molecule has 7 nitrogen and oxygen atoms in total. The maximum absolute atomic E-state index is 11.6. The molecule has 2 aromatic carbocycles. The van der Waals surface area contributed by atoms with Gasteiger partial charge in [0.25, 0.3) is 0 Å². The van der Waals surface area contributed by atoms with Gasteiger partial charge < -0.3 is 5.73 Å². The third kappa shape index (κ3) is 3.17. The van der Waals surface area contributed by atoms with E-state index in [-0.39, 0.29) is 5.69 Å². The Morgan fingerprint density at radius 3 is 2.40 bits per heavy atom. The van der Waals surface area contributed by atoms with Crippen LogP contribution in [0.1, 0.15) is 5.56 Å². The van der Waals surface area contributed by atoms with Crippen molar-refractivity contribution in [3.05, 3.63) is 89.0 Å². The van der Waals surface area contributed by atoms with E-state index in [1.807, 2.05) is 24.3 Å². The summed E-state index contributed by atoms with van der Waals surface area (Å²) in [7, 11) is 0. The molecule has 3 heterocycles. The first-order valence-corrected chi connectivity index (χ1v) is 9.62. The normalized spacial score (nSPS) is 11.1. The van der Waals surface area contributed by atoms with Crippen LogP contribution in [0.2, 0.25) is 0 Å². The Labute approximate surface area is 171 Å². The van der Waals surface area contributed by atoms with Crippen LogP contribution >= 0.6 is 0 Å². The number of benzene rings is 2. The Bertz CT molecular complexity index is 1390. The predicted octanol–water partition coefficient (Wildman–Crippen LogP) is 2.78. The van der Waals surface area contributed by atoms with E-state index in [1.165, 1.54) is 5.56 Å². The summed E-state index contributed by atoms with van der Waals surface area (Å²) >= 11 is 0. The number of hydrogen-bond acceptors (Lipinski definition) is 4. The van der Waals surface area contributed by atoms with E-state index < -0.39 is 0 Å². The van der Waals surface area contributed by atoms with Crippen LogP contribution in [0, 0.1) is 0 Å². The molecule has 3 aromatic heterocycles. The predicted molar refractivity (Wildman–Crippen MR) is 115 cm³/mol. The lowest BCUT2D eigenvalue weighted by Gasteiger charge is -2.13. The number of fused-ring (bicyclic) bond motifs is 1. The van der Waals surface area contributed by atoms with Crippen molar-refractivity contribution >= 4 is 10.9 Å². The molecule has 0 spiro atoms. The second-order valence-corrected chi connectivity index (χ2v) is 6.95. The highest BCUT2D eigenvalue weighted by molar-refractivity contribution is 5.97. The Morgan fingerprint density at radius 1 is 0.900 bits per heavy atom. The lowest BCUT2D eigenvalue weighted by molar-refractivity contribution is -0.386. The zero-order valence-electron chi connectivity index (χ0n) is 16.1. The summed E-state index contributed by atoms with van der Waals surface area (Å²) in [4.78, 5) is 23.7. The summed E-state index contributed by atoms with van der Waals surface area (Å²) in [6.07, 6.45) is 1.68. The smallest absolute Gasteiger partial charge is 0.340 e. The molecule has 0 atom stereocenters. The number of pyridine rings is 2. The number of nitrogens with one attached hydrogen (secondary N) is 2. The number of aromatic amines is 2. The second kappa shape index (κ2) is 7.38. The third-order valence-electron chi connectivity index (χ3n) is 5.07. The van der Waals surface area contributed by atoms with Crippen molar-refractivity contribution in [1.29, 1.82) is 0 Å². The Hall–Kier alpha value is -4.10. The molecule has 30 heavy (non-hydrogen) atoms. The first kappa shape index (κ1) is 18.0. The van der Waals surface area contributed by atoms with Gasteiger partial charge in [0.15, 0.2) is 5.82 Å². The highest BCUT2D eigenvalue weighted by Gasteiger charge is 2.16. The molecule has 0 fully saturated rings. The molecule has 5 N–H and O–H groups in total. The van der Waals surface area contributed by atoms with Crippen LogP contribution in [0.3, 0.4) is 0 Å². The van der Waals surface area contributed by atoms with Gasteiger partial charge in [0.05, 0.1) is 17.8 Å². The second-order valence-electron chi connectivity index (χ2n) is 6.95. The zero-order chi connectivity index (χ0) is 20.5. The Balaban J connectivity index is 1.80. The Kier molecular flexibility index (Phi) is 4.42. The van der Waals surface area contributed by atoms with Gasteiger partial charge in [-0.25, -0.2) is 14.9 Å². The van der Waals surface area contributed by atoms with E-state index >= 15 is 0 Å². The van der Waals surface area contributed by atoms with Gasteiger partial charge in [-0.05, 0) is 17.7 Å². The van der Waals surface area contributed by atoms with E-state index in [1.54, 1.807) is 6.20 Å². The van der Waals surface area contributed by atoms with Crippen LogP contribution in [0.5, 0.6) is 0 Å². The highest BCUT2D eigenvalue weighted by Crippen LogP contribution is 2.35. The molecule has 0 saturated heterocycles. The minimum atomic E-state index is -0.373. The molecule has 0 aliphatic rings. The molecule has 0 amide bonds. The monoisotopic (exact) mass is 395 g/mol. The van der Waals surface area contributed by atoms with E-state index in [4.69, 9.17) is 4.98 Å². The largest absolute Gasteiger partial charge is 0.354 e. The standard InChI is InChI=1S/C23H18N6O/c24-13-14-6-8-16(9-7-14)20-17(15-4-2-1-3-5-15)12-18-19(26-20)10-11-25-21(18)22-27-23(30)29-28-22/h1-12H,13,24H2,(H2,27,28,29,30)/p+1. The number of hydrogen-bond donors (Lipinski definition) is 3. The minimum Gasteiger partial charge on any atom is -0.354 e. The van der Waals surface area contributed by atoms with Crippen molar-refractivity contribution in [3.8, 4) is 33.9 Å². The van der Waals surface area contributed by atoms with Crippen molar-refractivity contribution in [2.24, 2.45) is 0 Å². The van der Waals surface area contributed by atoms with Gasteiger partial charge in [-0.2, -0.15) is 5.10 Å². The van der Waals surface area contributed by atoms with Crippen molar-refractivity contribution < 1.29 is 5.73 Å². The fraction of sp³-hybridized carbons (Fsp3) is 0.0435. The molecule has 0 unspecified atom stereocenters. The average Bonchev–Trinajstić information content (AvgIpc) is 3.24. The molecule has 5 rings (SSSR count). The van der Waals surface area contributed by atoms with Crippen molar-refractivity contribution in [2.75, 3.05) is 0 Å². The van der Waals surface area contributed by atoms with Gasteiger partial charge in [-0.1, -0.05) is 54.6 Å². The molecule has 0 bridgehead atoms. The SMILES string of the molecule is [NH3+]Cc1ccc(-c2nc3ccnc(-c4n[nH]c(=O)[nH]4)c3cc2-c2ccccc2)cc1. The van der Waals surface area contributed by atoms with E-state index in [0.717, 1.165) is 39.8 Å². The zero-order valence-corrected chi connectivity index (χ0v) is 16.1. The molecule has 5 aromatic rings. The summed E-state index contributed by atoms with van der Waals surface area (Å²) in [6.45, 7) is 0.744. The van der Waals surface area contributed by atoms with Gasteiger partial charge in [0.2, 0.25) is 0 Å². The van der Waals surface area contributed by atoms with Crippen LogP contribution in [-0.4, -0.2) is 25.1 Å². The van der Waals surface area contributed by atoms with Gasteiger partial charge in [0, 0.05) is 28.3 Å². The molecule has 0 saturated carbocycles. The first-order chi connectivity index (χ1) is 14.7. The van der Waals surface area contributed by atoms with Crippen LogP contribution in [-0.2, 0) is 6.54 Å². The van der Waals surface area contributed by atoms with Gasteiger partial charge in [-0.15, -0.1) is 0 Å². The quantitative estimate of drug-likeness (QED) is 0.434. The van der Waals surface area contributed by atoms with Crippen LogP contribution in [0.25, 0.3) is 44.8 Å². The molecular formula is C23H19N6O+. The summed E-state index contributed by atoms with van der Waals surface area (Å²) in [5.74, 6) is 0.388. The number of rotatable bonds is 4. The maximum Gasteiger partial charge on any atom is 0.340 e. The summed E-state index contributed by atoms with van der Waals surface area (Å²) in [5, 5.41) is 7.27. The summed E-state index contributed by atoms with van der Waals surface area (Å²) in [6, 6.07) is 22.4. The van der Waals surface area contributed by atoms with E-state index in [2.05, 4.69) is 68.4 Å². The average molecular weight is 395 g/mol. The first-order valence-electron chi connectivity index (χ1n) is 9.62. The van der Waals surface area contributed by atoms with Gasteiger partial charge >= 0.3 is 5.69 Å². The van der Waals surface area contributed by atoms with Crippen molar-refractivity contribution in [2.45, 2.75) is 6.54 Å². The third-order valence-corrected chi connectivity index (χ3v) is 5.07. The lowest BCUT2D eigenvalue weighted by atomic mass is 9.96. The molecular weight excluding hydrogens is 376 g/mol. The molecule has 0 aliphatic heterocycles. The number of H-pyrrole nitrogens is 2. The maximum atomic E-state index is 11.6. The molecule has 7 heteroatoms. The molecule has 146 valence electrons. The molecule has 0 radical (unpaired) electrons. The minimum absolute atomic E-state index is 0.373. The summed E-state index contributed by atoms with van der Waals surface area (Å²) in [5.41, 5.74) is 10.1. The van der Waals surface area contributed by atoms with Crippen molar-refractivity contribution in [3.63, 3.8) is 0 Å². The number of quaternary nitrogens is 1. The van der Waals surface area contributed by atoms with Crippen LogP contribution < -0.4 is 11.4 Å². The number of aromatic nitrogens is 5. The van der Waals surface area contributed by atoms with Gasteiger partial charge in [-0.3, -0.25) is 9.97 Å². The van der Waals surface area contributed by atoms with Crippen molar-refractivity contribution in [1.82, 2.24) is 25.1 Å². The van der Waals surface area contributed by atoms with Gasteiger partial charge in [0.1, 0.15) is 5.69 Å². The summed E-state index contributed by atoms with van der Waals surface area (Å²) < 4.78 is 0. The highest BCUT2D eigenvalue weighted by atomic mass is 16.1. The van der Waals surface area contributed by atoms with Crippen LogP contribution in [0.4, 0.5) is 0 Å². The van der Waals surface area contributed by atoms with Crippen LogP contribution in [0.15, 0.2) is 77.7 Å². The number of nitrogens with zero attached hydrogens (tertiary/aromatic N) is 3. The fourth-order valence-electron chi connectivity index (χ4n) is 3.55. The lowest BCUT2D eigenvalue weighted by Crippen LogP contribution is -2.47. The Morgan fingerprint density at radius 2 is 1.70 bits per heavy atom. The topological polar surface area (TPSA) is 115 Å². The molecule has 0 aliphatic carbocycles. The van der Waals surface area contributed by atoms with E-state index in [0.29, 0.717) is 11.5 Å².